The largest absolute Gasteiger partial charge is 0.481 e. The summed E-state index contributed by atoms with van der Waals surface area (Å²) < 4.78 is 7.62. The maximum atomic E-state index is 5.22. The van der Waals surface area contributed by atoms with E-state index in [1.807, 2.05) is 6.07 Å². The van der Waals surface area contributed by atoms with Gasteiger partial charge in [0.25, 0.3) is 0 Å². The van der Waals surface area contributed by atoms with Crippen LogP contribution < -0.4 is 9.64 Å². The van der Waals surface area contributed by atoms with Crippen LogP contribution in [-0.4, -0.2) is 57.7 Å². The van der Waals surface area contributed by atoms with Crippen LogP contribution in [0.25, 0.3) is 0 Å². The van der Waals surface area contributed by atoms with Crippen LogP contribution in [0.3, 0.4) is 0 Å². The lowest BCUT2D eigenvalue weighted by Crippen LogP contribution is -2.28. The highest BCUT2D eigenvalue weighted by Gasteiger charge is 2.21. The van der Waals surface area contributed by atoms with E-state index in [-0.39, 0.29) is 0 Å². The summed E-state index contributed by atoms with van der Waals surface area (Å²) in [5.41, 5.74) is 1.34. The highest BCUT2D eigenvalue weighted by molar-refractivity contribution is 5.41. The van der Waals surface area contributed by atoms with Gasteiger partial charge in [-0.25, -0.2) is 15.0 Å². The van der Waals surface area contributed by atoms with Gasteiger partial charge in [-0.2, -0.15) is 0 Å². The van der Waals surface area contributed by atoms with Gasteiger partial charge in [-0.1, -0.05) is 0 Å². The maximum absolute atomic E-state index is 5.22. The van der Waals surface area contributed by atoms with Crippen molar-refractivity contribution >= 4 is 5.82 Å². The number of imidazole rings is 1. The number of methoxy groups -OCH3 is 1. The molecular weight excluding hydrogens is 304 g/mol. The summed E-state index contributed by atoms with van der Waals surface area (Å²) in [5, 5.41) is 0. The molecule has 7 heteroatoms. The second-order valence-electron chi connectivity index (χ2n) is 6.46. The van der Waals surface area contributed by atoms with Crippen LogP contribution >= 0.6 is 0 Å². The monoisotopic (exact) mass is 328 g/mol. The first-order valence-corrected chi connectivity index (χ1v) is 8.70. The number of aromatic nitrogens is 4. The van der Waals surface area contributed by atoms with Crippen molar-refractivity contribution in [3.63, 3.8) is 0 Å². The minimum atomic E-state index is 0.608. The lowest BCUT2D eigenvalue weighted by molar-refractivity contribution is 0.321. The van der Waals surface area contributed by atoms with Crippen molar-refractivity contribution < 1.29 is 4.74 Å². The molecule has 7 nitrogen and oxygen atoms in total. The highest BCUT2D eigenvalue weighted by Crippen LogP contribution is 2.20. The fraction of sp³-hybridized carbons (Fsp3) is 0.588. The first kappa shape index (κ1) is 15.4. The van der Waals surface area contributed by atoms with E-state index in [1.54, 1.807) is 13.4 Å². The molecule has 2 aliphatic rings. The van der Waals surface area contributed by atoms with Crippen LogP contribution in [0.1, 0.15) is 24.4 Å². The molecule has 0 amide bonds. The minimum Gasteiger partial charge on any atom is -0.481 e. The summed E-state index contributed by atoms with van der Waals surface area (Å²) in [6, 6.07) is 1.90. The van der Waals surface area contributed by atoms with E-state index in [0.717, 1.165) is 38.4 Å². The molecule has 24 heavy (non-hydrogen) atoms. The third-order valence-corrected chi connectivity index (χ3v) is 4.96. The Bertz CT molecular complexity index is 694. The van der Waals surface area contributed by atoms with Crippen molar-refractivity contribution in [3.05, 3.63) is 30.1 Å². The molecule has 0 aromatic carbocycles. The third kappa shape index (κ3) is 3.08. The Balaban J connectivity index is 1.48. The summed E-state index contributed by atoms with van der Waals surface area (Å²) in [5.74, 6) is 2.72. The van der Waals surface area contributed by atoms with Crippen LogP contribution in [-0.2, 0) is 19.5 Å². The molecule has 4 heterocycles. The molecule has 2 aromatic rings. The summed E-state index contributed by atoms with van der Waals surface area (Å²) in [6.45, 7) is 6.25. The number of hydrogen-bond acceptors (Lipinski definition) is 6. The number of nitrogens with zero attached hydrogens (tertiary/aromatic N) is 6. The standard InChI is InChI=1S/C17H24N6O/c1-24-17-10-16(19-13-20-17)22-7-4-15-18-11-14(23(15)9-8-22)12-21-5-2-3-6-21/h10-11,13H,2-9,12H2,1H3. The molecule has 4 rings (SSSR count). The maximum Gasteiger partial charge on any atom is 0.218 e. The van der Waals surface area contributed by atoms with E-state index < -0.39 is 0 Å². The Morgan fingerprint density at radius 3 is 2.75 bits per heavy atom. The molecule has 1 saturated heterocycles. The highest BCUT2D eigenvalue weighted by atomic mass is 16.5. The van der Waals surface area contributed by atoms with Gasteiger partial charge in [0.05, 0.1) is 12.8 Å². The van der Waals surface area contributed by atoms with Gasteiger partial charge in [-0.05, 0) is 25.9 Å². The van der Waals surface area contributed by atoms with E-state index in [4.69, 9.17) is 4.74 Å². The van der Waals surface area contributed by atoms with Crippen LogP contribution in [0.4, 0.5) is 5.82 Å². The van der Waals surface area contributed by atoms with Crippen molar-refractivity contribution in [2.75, 3.05) is 38.2 Å². The molecule has 0 atom stereocenters. The molecule has 0 bridgehead atoms. The zero-order chi connectivity index (χ0) is 16.4. The fourth-order valence-electron chi connectivity index (χ4n) is 3.63. The van der Waals surface area contributed by atoms with E-state index in [2.05, 4.69) is 35.5 Å². The topological polar surface area (TPSA) is 59.3 Å². The number of rotatable bonds is 4. The Morgan fingerprint density at radius 2 is 1.92 bits per heavy atom. The molecule has 2 aliphatic heterocycles. The molecule has 2 aromatic heterocycles. The second kappa shape index (κ2) is 6.76. The van der Waals surface area contributed by atoms with Crippen molar-refractivity contribution in [1.82, 2.24) is 24.4 Å². The van der Waals surface area contributed by atoms with Crippen molar-refractivity contribution in [2.45, 2.75) is 32.4 Å². The zero-order valence-electron chi connectivity index (χ0n) is 14.2. The third-order valence-electron chi connectivity index (χ3n) is 4.96. The smallest absolute Gasteiger partial charge is 0.218 e. The molecule has 128 valence electrons. The second-order valence-corrected chi connectivity index (χ2v) is 6.46. The SMILES string of the molecule is COc1cc(N2CCc3ncc(CN4CCCC4)n3CC2)ncn1. The van der Waals surface area contributed by atoms with Gasteiger partial charge in [-0.15, -0.1) is 0 Å². The zero-order valence-corrected chi connectivity index (χ0v) is 14.2. The quantitative estimate of drug-likeness (QED) is 0.844. The minimum absolute atomic E-state index is 0.608. The molecule has 0 saturated carbocycles. The average molecular weight is 328 g/mol. The summed E-state index contributed by atoms with van der Waals surface area (Å²) >= 11 is 0. The first-order chi connectivity index (χ1) is 11.8. The van der Waals surface area contributed by atoms with Gasteiger partial charge in [0.15, 0.2) is 0 Å². The van der Waals surface area contributed by atoms with Gasteiger partial charge in [0.2, 0.25) is 5.88 Å². The van der Waals surface area contributed by atoms with Crippen LogP contribution in [0.2, 0.25) is 0 Å². The lowest BCUT2D eigenvalue weighted by Gasteiger charge is -2.21. The average Bonchev–Trinajstić information content (AvgIpc) is 3.21. The first-order valence-electron chi connectivity index (χ1n) is 8.70. The van der Waals surface area contributed by atoms with E-state index >= 15 is 0 Å². The van der Waals surface area contributed by atoms with Crippen LogP contribution in [0.15, 0.2) is 18.6 Å². The van der Waals surface area contributed by atoms with Crippen molar-refractivity contribution in [1.29, 1.82) is 0 Å². The Morgan fingerprint density at radius 1 is 1.04 bits per heavy atom. The van der Waals surface area contributed by atoms with Gasteiger partial charge >= 0.3 is 0 Å². The lowest BCUT2D eigenvalue weighted by atomic mass is 10.3. The number of hydrogen-bond donors (Lipinski definition) is 0. The van der Waals surface area contributed by atoms with Crippen molar-refractivity contribution in [2.24, 2.45) is 0 Å². The molecule has 0 N–H and O–H groups in total. The fourth-order valence-corrected chi connectivity index (χ4v) is 3.63. The van der Waals surface area contributed by atoms with E-state index in [0.29, 0.717) is 5.88 Å². The molecule has 0 spiro atoms. The summed E-state index contributed by atoms with van der Waals surface area (Å²) in [7, 11) is 1.63. The Labute approximate surface area is 142 Å². The molecule has 0 unspecified atom stereocenters. The number of likely N-dealkylation sites (tertiary alicyclic amines) is 1. The van der Waals surface area contributed by atoms with Gasteiger partial charge in [0.1, 0.15) is 18.0 Å². The van der Waals surface area contributed by atoms with Gasteiger partial charge in [0, 0.05) is 44.9 Å². The van der Waals surface area contributed by atoms with Crippen LogP contribution in [0, 0.1) is 0 Å². The van der Waals surface area contributed by atoms with Gasteiger partial charge in [-0.3, -0.25) is 4.90 Å². The normalized spacial score (nSPS) is 18.5. The molecule has 0 aliphatic carbocycles. The number of fused-ring (bicyclic) bond motifs is 1. The van der Waals surface area contributed by atoms with Gasteiger partial charge < -0.3 is 14.2 Å². The van der Waals surface area contributed by atoms with Crippen LogP contribution in [0.5, 0.6) is 5.88 Å². The van der Waals surface area contributed by atoms with Crippen molar-refractivity contribution in [3.8, 4) is 5.88 Å². The Kier molecular flexibility index (Phi) is 4.34. The number of ether oxygens (including phenoxy) is 1. The number of anilines is 1. The molecule has 0 radical (unpaired) electrons. The predicted molar refractivity (Wildman–Crippen MR) is 91.2 cm³/mol. The molecule has 1 fully saturated rings. The predicted octanol–water partition coefficient (Wildman–Crippen LogP) is 1.34. The van der Waals surface area contributed by atoms with E-state index in [9.17, 15) is 0 Å². The Hall–Kier alpha value is -2.15. The molecular formula is C17H24N6O. The summed E-state index contributed by atoms with van der Waals surface area (Å²) in [4.78, 5) is 18.0. The van der Waals surface area contributed by atoms with E-state index in [1.165, 1.54) is 37.4 Å². The summed E-state index contributed by atoms with van der Waals surface area (Å²) in [6.07, 6.45) is 7.22.